The lowest BCUT2D eigenvalue weighted by Crippen LogP contribution is -2.27. The van der Waals surface area contributed by atoms with Crippen LogP contribution >= 0.6 is 86.3 Å². The Morgan fingerprint density at radius 3 is 2.33 bits per heavy atom. The first kappa shape index (κ1) is 24.9. The molecule has 0 unspecified atom stereocenters. The highest BCUT2D eigenvalue weighted by Crippen LogP contribution is 2.40. The summed E-state index contributed by atoms with van der Waals surface area (Å²) in [6.45, 7) is 0.286. The molecule has 3 nitrogen and oxygen atoms in total. The van der Waals surface area contributed by atoms with E-state index in [1.807, 2.05) is 24.3 Å². The Balaban J connectivity index is 1.51. The molecule has 1 aliphatic rings. The first-order valence-corrected chi connectivity index (χ1v) is 12.8. The van der Waals surface area contributed by atoms with Gasteiger partial charge in [-0.2, -0.15) is 0 Å². The van der Waals surface area contributed by atoms with Crippen molar-refractivity contribution in [3.63, 3.8) is 0 Å². The standard InChI is InChI=1S/C23H12BrCl4NO2S2/c24-16-7-12(1-6-20(16)31-11-13-2-3-14(25)9-17(13)27)8-21-22(30)29(23(32)33-21)19-5-4-15(26)10-18(19)28/h1-10H,11H2/b21-8-. The third kappa shape index (κ3) is 5.70. The number of thioether (sulfide) groups is 1. The number of rotatable bonds is 5. The summed E-state index contributed by atoms with van der Waals surface area (Å²) >= 11 is 34.5. The van der Waals surface area contributed by atoms with Gasteiger partial charge in [0.1, 0.15) is 12.4 Å². The number of halogens is 5. The fourth-order valence-corrected chi connectivity index (χ4v) is 5.76. The molecule has 33 heavy (non-hydrogen) atoms. The van der Waals surface area contributed by atoms with Crippen LogP contribution in [0.1, 0.15) is 11.1 Å². The van der Waals surface area contributed by atoms with Gasteiger partial charge in [-0.1, -0.05) is 82.5 Å². The summed E-state index contributed by atoms with van der Waals surface area (Å²) in [5.41, 5.74) is 2.13. The molecule has 4 rings (SSSR count). The fraction of sp³-hybridized carbons (Fsp3) is 0.0435. The van der Waals surface area contributed by atoms with Gasteiger partial charge in [-0.25, -0.2) is 0 Å². The zero-order valence-electron chi connectivity index (χ0n) is 16.5. The summed E-state index contributed by atoms with van der Waals surface area (Å²) in [6.07, 6.45) is 1.77. The van der Waals surface area contributed by atoms with Crippen molar-refractivity contribution in [2.75, 3.05) is 4.90 Å². The van der Waals surface area contributed by atoms with Crippen LogP contribution in [0.2, 0.25) is 20.1 Å². The maximum absolute atomic E-state index is 13.0. The average Bonchev–Trinajstić information content (AvgIpc) is 3.02. The lowest BCUT2D eigenvalue weighted by Gasteiger charge is -2.16. The van der Waals surface area contributed by atoms with Crippen LogP contribution in [0.15, 0.2) is 64.0 Å². The molecule has 0 aromatic heterocycles. The first-order valence-electron chi connectivity index (χ1n) is 9.32. The molecule has 0 radical (unpaired) electrons. The number of anilines is 1. The number of hydrogen-bond acceptors (Lipinski definition) is 4. The molecular weight excluding hydrogens is 608 g/mol. The summed E-state index contributed by atoms with van der Waals surface area (Å²) in [4.78, 5) is 14.9. The highest BCUT2D eigenvalue weighted by Gasteiger charge is 2.34. The van der Waals surface area contributed by atoms with Crippen molar-refractivity contribution in [2.24, 2.45) is 0 Å². The van der Waals surface area contributed by atoms with Gasteiger partial charge in [0.2, 0.25) is 0 Å². The first-order chi connectivity index (χ1) is 15.7. The second kappa shape index (κ2) is 10.6. The van der Waals surface area contributed by atoms with Crippen LogP contribution in [0.25, 0.3) is 6.08 Å². The SMILES string of the molecule is O=C1/C(=C/c2ccc(OCc3ccc(Cl)cc3Cl)c(Br)c2)SC(=S)N1c1ccc(Cl)cc1Cl. The Morgan fingerprint density at radius 1 is 0.970 bits per heavy atom. The molecule has 1 heterocycles. The van der Waals surface area contributed by atoms with E-state index >= 15 is 0 Å². The molecule has 0 atom stereocenters. The van der Waals surface area contributed by atoms with Gasteiger partial charge in [-0.15, -0.1) is 0 Å². The van der Waals surface area contributed by atoms with Crippen LogP contribution in [0.4, 0.5) is 5.69 Å². The molecule has 168 valence electrons. The largest absolute Gasteiger partial charge is 0.488 e. The smallest absolute Gasteiger partial charge is 0.270 e. The van der Waals surface area contributed by atoms with E-state index in [9.17, 15) is 4.79 Å². The van der Waals surface area contributed by atoms with Crippen LogP contribution in [0.3, 0.4) is 0 Å². The summed E-state index contributed by atoms with van der Waals surface area (Å²) in [7, 11) is 0. The van der Waals surface area contributed by atoms with Crippen molar-refractivity contribution in [3.8, 4) is 5.75 Å². The quantitative estimate of drug-likeness (QED) is 0.210. The van der Waals surface area contributed by atoms with Gasteiger partial charge in [0.05, 0.1) is 20.1 Å². The van der Waals surface area contributed by atoms with Gasteiger partial charge < -0.3 is 4.74 Å². The van der Waals surface area contributed by atoms with Crippen LogP contribution in [0.5, 0.6) is 5.75 Å². The highest BCUT2D eigenvalue weighted by molar-refractivity contribution is 9.10. The second-order valence-corrected chi connectivity index (χ2v) is 11.0. The molecule has 1 amide bonds. The minimum atomic E-state index is -0.247. The highest BCUT2D eigenvalue weighted by atomic mass is 79.9. The van der Waals surface area contributed by atoms with Gasteiger partial charge >= 0.3 is 0 Å². The maximum atomic E-state index is 13.0. The third-order valence-corrected chi connectivity index (χ3v) is 7.64. The van der Waals surface area contributed by atoms with E-state index in [1.165, 1.54) is 16.7 Å². The van der Waals surface area contributed by atoms with Crippen molar-refractivity contribution >= 4 is 108 Å². The van der Waals surface area contributed by atoms with E-state index in [-0.39, 0.29) is 12.5 Å². The molecule has 0 spiro atoms. The molecule has 0 bridgehead atoms. The Bertz CT molecular complexity index is 1320. The Morgan fingerprint density at radius 2 is 1.67 bits per heavy atom. The number of hydrogen-bond donors (Lipinski definition) is 0. The molecule has 1 saturated heterocycles. The Labute approximate surface area is 228 Å². The molecule has 3 aromatic rings. The summed E-state index contributed by atoms with van der Waals surface area (Å²) in [6, 6.07) is 15.7. The molecule has 0 saturated carbocycles. The number of amides is 1. The molecule has 0 aliphatic carbocycles. The molecular formula is C23H12BrCl4NO2S2. The maximum Gasteiger partial charge on any atom is 0.270 e. The van der Waals surface area contributed by atoms with Gasteiger partial charge in [0, 0.05) is 20.6 Å². The van der Waals surface area contributed by atoms with Gasteiger partial charge in [0.25, 0.3) is 5.91 Å². The van der Waals surface area contributed by atoms with E-state index in [0.717, 1.165) is 15.6 Å². The number of nitrogens with zero attached hydrogens (tertiary/aromatic N) is 1. The fourth-order valence-electron chi connectivity index (χ4n) is 3.01. The monoisotopic (exact) mass is 617 g/mol. The second-order valence-electron chi connectivity index (χ2n) is 6.83. The zero-order valence-corrected chi connectivity index (χ0v) is 22.7. The topological polar surface area (TPSA) is 29.5 Å². The van der Waals surface area contributed by atoms with Crippen LogP contribution in [0, 0.1) is 0 Å². The molecule has 1 aliphatic heterocycles. The molecule has 1 fully saturated rings. The minimum Gasteiger partial charge on any atom is -0.488 e. The number of carbonyl (C=O) groups excluding carboxylic acids is 1. The molecule has 3 aromatic carbocycles. The van der Waals surface area contributed by atoms with E-state index in [2.05, 4.69) is 15.9 Å². The Kier molecular flexibility index (Phi) is 7.96. The lowest BCUT2D eigenvalue weighted by atomic mass is 10.2. The predicted molar refractivity (Wildman–Crippen MR) is 147 cm³/mol. The molecule has 10 heteroatoms. The van der Waals surface area contributed by atoms with Gasteiger partial charge in [0.15, 0.2) is 4.32 Å². The normalized spacial score (nSPS) is 14.9. The van der Waals surface area contributed by atoms with Crippen molar-refractivity contribution < 1.29 is 9.53 Å². The van der Waals surface area contributed by atoms with Crippen LogP contribution in [-0.4, -0.2) is 10.2 Å². The van der Waals surface area contributed by atoms with Crippen molar-refractivity contribution in [3.05, 3.63) is 95.2 Å². The summed E-state index contributed by atoms with van der Waals surface area (Å²) in [5, 5.41) is 1.94. The lowest BCUT2D eigenvalue weighted by molar-refractivity contribution is -0.113. The predicted octanol–water partition coefficient (Wildman–Crippen LogP) is 9.05. The number of carbonyl (C=O) groups is 1. The van der Waals surface area contributed by atoms with E-state index in [0.29, 0.717) is 40.8 Å². The number of benzene rings is 3. The van der Waals surface area contributed by atoms with Crippen LogP contribution in [-0.2, 0) is 11.4 Å². The average molecular weight is 620 g/mol. The van der Waals surface area contributed by atoms with Crippen LogP contribution < -0.4 is 9.64 Å². The van der Waals surface area contributed by atoms with Crippen molar-refractivity contribution in [2.45, 2.75) is 6.61 Å². The summed E-state index contributed by atoms with van der Waals surface area (Å²) in [5.74, 6) is 0.390. The van der Waals surface area contributed by atoms with E-state index in [1.54, 1.807) is 36.4 Å². The van der Waals surface area contributed by atoms with E-state index < -0.39 is 0 Å². The van der Waals surface area contributed by atoms with Crippen molar-refractivity contribution in [1.29, 1.82) is 0 Å². The third-order valence-electron chi connectivity index (χ3n) is 4.60. The zero-order chi connectivity index (χ0) is 23.7. The van der Waals surface area contributed by atoms with Crippen molar-refractivity contribution in [1.82, 2.24) is 0 Å². The van der Waals surface area contributed by atoms with Gasteiger partial charge in [-0.05, 0) is 70.0 Å². The minimum absolute atomic E-state index is 0.247. The Hall–Kier alpha value is -1.25. The number of thiocarbonyl (C=S) groups is 1. The van der Waals surface area contributed by atoms with Gasteiger partial charge in [-0.3, -0.25) is 9.69 Å². The molecule has 0 N–H and O–H groups in total. The summed E-state index contributed by atoms with van der Waals surface area (Å²) < 4.78 is 7.01. The van der Waals surface area contributed by atoms with E-state index in [4.69, 9.17) is 63.4 Å². The number of ether oxygens (including phenoxy) is 1.